The molecule has 1 saturated heterocycles. The van der Waals surface area contributed by atoms with Crippen molar-refractivity contribution in [2.24, 2.45) is 5.73 Å². The fourth-order valence-electron chi connectivity index (χ4n) is 4.05. The Morgan fingerprint density at radius 1 is 1.19 bits per heavy atom. The number of Topliss-reactive ketones (excluding diaryl/α,β-unsaturated/α-hetero) is 1. The van der Waals surface area contributed by atoms with Gasteiger partial charge in [-0.15, -0.1) is 0 Å². The summed E-state index contributed by atoms with van der Waals surface area (Å²) in [5.41, 5.74) is 9.10. The van der Waals surface area contributed by atoms with Crippen LogP contribution in [0.3, 0.4) is 0 Å². The van der Waals surface area contributed by atoms with Crippen LogP contribution in [0, 0.1) is 13.8 Å². The van der Waals surface area contributed by atoms with Crippen LogP contribution >= 0.6 is 0 Å². The quantitative estimate of drug-likeness (QED) is 0.880. The number of aryl methyl sites for hydroxylation is 2. The monoisotopic (exact) mass is 354 g/mol. The lowest BCUT2D eigenvalue weighted by atomic mass is 9.70. The molecule has 1 aliphatic heterocycles. The van der Waals surface area contributed by atoms with Gasteiger partial charge in [0, 0.05) is 24.3 Å². The molecule has 2 aromatic rings. The molecule has 1 aliphatic rings. The number of nitrogens with one attached hydrogen (secondary N) is 1. The number of nitrogens with zero attached hydrogens (tertiary/aromatic N) is 2. The summed E-state index contributed by atoms with van der Waals surface area (Å²) in [4.78, 5) is 27.1. The molecular weight excluding hydrogens is 328 g/mol. The second-order valence-electron chi connectivity index (χ2n) is 7.15. The molecule has 0 saturated carbocycles. The first kappa shape index (κ1) is 18.3. The number of benzene rings is 1. The van der Waals surface area contributed by atoms with E-state index in [4.69, 9.17) is 5.73 Å². The maximum atomic E-state index is 12.9. The minimum atomic E-state index is -0.727. The molecule has 6 nitrogen and oxygen atoms in total. The lowest BCUT2D eigenvalue weighted by molar-refractivity contribution is -0.136. The van der Waals surface area contributed by atoms with E-state index in [0.717, 1.165) is 22.5 Å². The summed E-state index contributed by atoms with van der Waals surface area (Å²) in [5.74, 6) is 0.0458. The third-order valence-electron chi connectivity index (χ3n) is 5.69. The number of amides is 1. The molecule has 1 aromatic heterocycles. The predicted molar refractivity (Wildman–Crippen MR) is 99.6 cm³/mol. The second-order valence-corrected chi connectivity index (χ2v) is 7.15. The number of rotatable bonds is 4. The van der Waals surface area contributed by atoms with Gasteiger partial charge in [0.05, 0.1) is 11.1 Å². The van der Waals surface area contributed by atoms with E-state index < -0.39 is 11.5 Å². The molecule has 1 fully saturated rings. The Hall–Kier alpha value is -2.47. The first-order valence-corrected chi connectivity index (χ1v) is 8.99. The first-order chi connectivity index (χ1) is 12.4. The lowest BCUT2D eigenvalue weighted by Gasteiger charge is -2.41. The largest absolute Gasteiger partial charge is 0.341 e. The Bertz CT molecular complexity index is 785. The fourth-order valence-corrected chi connectivity index (χ4v) is 4.05. The van der Waals surface area contributed by atoms with E-state index >= 15 is 0 Å². The van der Waals surface area contributed by atoms with E-state index in [0.29, 0.717) is 25.9 Å². The van der Waals surface area contributed by atoms with E-state index in [1.54, 1.807) is 11.8 Å². The fraction of sp³-hybridized carbons (Fsp3) is 0.450. The van der Waals surface area contributed by atoms with E-state index in [9.17, 15) is 9.59 Å². The van der Waals surface area contributed by atoms with Crippen molar-refractivity contribution in [1.82, 2.24) is 15.1 Å². The molecule has 1 atom stereocenters. The van der Waals surface area contributed by atoms with Crippen molar-refractivity contribution < 1.29 is 9.59 Å². The highest BCUT2D eigenvalue weighted by molar-refractivity contribution is 5.89. The summed E-state index contributed by atoms with van der Waals surface area (Å²) >= 11 is 0. The van der Waals surface area contributed by atoms with Crippen LogP contribution in [0.4, 0.5) is 0 Å². The van der Waals surface area contributed by atoms with Crippen LogP contribution in [0.2, 0.25) is 0 Å². The van der Waals surface area contributed by atoms with Crippen LogP contribution in [0.5, 0.6) is 0 Å². The summed E-state index contributed by atoms with van der Waals surface area (Å²) in [6.45, 7) is 6.41. The van der Waals surface area contributed by atoms with Gasteiger partial charge >= 0.3 is 0 Å². The van der Waals surface area contributed by atoms with Crippen molar-refractivity contribution in [2.45, 2.75) is 45.1 Å². The third kappa shape index (κ3) is 3.05. The summed E-state index contributed by atoms with van der Waals surface area (Å²) in [5, 5.41) is 7.01. The van der Waals surface area contributed by atoms with Crippen LogP contribution in [-0.2, 0) is 15.0 Å². The van der Waals surface area contributed by atoms with Crippen LogP contribution in [0.25, 0.3) is 0 Å². The highest BCUT2D eigenvalue weighted by Gasteiger charge is 2.42. The highest BCUT2D eigenvalue weighted by atomic mass is 16.2. The zero-order valence-electron chi connectivity index (χ0n) is 15.6. The molecule has 3 N–H and O–H groups in total. The van der Waals surface area contributed by atoms with Gasteiger partial charge in [0.25, 0.3) is 0 Å². The van der Waals surface area contributed by atoms with Gasteiger partial charge in [-0.25, -0.2) is 0 Å². The molecule has 1 amide bonds. The number of hydrogen-bond donors (Lipinski definition) is 2. The van der Waals surface area contributed by atoms with Crippen molar-refractivity contribution >= 4 is 11.7 Å². The van der Waals surface area contributed by atoms with Crippen LogP contribution in [0.15, 0.2) is 30.3 Å². The number of carbonyl (C=O) groups is 2. The Morgan fingerprint density at radius 2 is 1.81 bits per heavy atom. The molecule has 0 unspecified atom stereocenters. The molecule has 0 spiro atoms. The second kappa shape index (κ2) is 7.03. The first-order valence-electron chi connectivity index (χ1n) is 8.99. The van der Waals surface area contributed by atoms with Crippen LogP contribution < -0.4 is 5.73 Å². The Labute approximate surface area is 153 Å². The molecule has 26 heavy (non-hydrogen) atoms. The molecule has 138 valence electrons. The minimum Gasteiger partial charge on any atom is -0.341 e. The zero-order chi connectivity index (χ0) is 18.9. The summed E-state index contributed by atoms with van der Waals surface area (Å²) in [6, 6.07) is 9.14. The smallest absolute Gasteiger partial charge is 0.244 e. The average molecular weight is 354 g/mol. The number of nitrogens with two attached hydrogens (primary N) is 1. The van der Waals surface area contributed by atoms with Crippen LogP contribution in [-0.4, -0.2) is 39.9 Å². The standard InChI is InChI=1S/C20H26N4O2/c1-13-17(14(2)23-22-13)18(21)19(26)24-11-9-20(10-12-24,15(3)25)16-7-5-4-6-8-16/h4-8,18H,9-12,21H2,1-3H3,(H,22,23)/t18-/m0/s1. The maximum absolute atomic E-state index is 12.9. The van der Waals surface area contributed by atoms with Crippen molar-refractivity contribution in [3.8, 4) is 0 Å². The van der Waals surface area contributed by atoms with Gasteiger partial charge in [0.1, 0.15) is 11.8 Å². The van der Waals surface area contributed by atoms with Gasteiger partial charge in [-0.3, -0.25) is 14.7 Å². The van der Waals surface area contributed by atoms with Crippen LogP contribution in [0.1, 0.15) is 48.3 Å². The van der Waals surface area contributed by atoms with Gasteiger partial charge in [-0.05, 0) is 39.2 Å². The molecular formula is C20H26N4O2. The summed E-state index contributed by atoms with van der Waals surface area (Å²) in [7, 11) is 0. The molecule has 0 aliphatic carbocycles. The van der Waals surface area contributed by atoms with Gasteiger partial charge < -0.3 is 10.6 Å². The Kier molecular flexibility index (Phi) is 4.96. The average Bonchev–Trinajstić information content (AvgIpc) is 2.99. The van der Waals surface area contributed by atoms with Crippen molar-refractivity contribution in [3.05, 3.63) is 52.8 Å². The van der Waals surface area contributed by atoms with Crippen molar-refractivity contribution in [2.75, 3.05) is 13.1 Å². The van der Waals surface area contributed by atoms with Gasteiger partial charge in [-0.2, -0.15) is 5.10 Å². The molecule has 3 rings (SSSR count). The lowest BCUT2D eigenvalue weighted by Crippen LogP contribution is -2.50. The van der Waals surface area contributed by atoms with Gasteiger partial charge in [0.15, 0.2) is 0 Å². The van der Waals surface area contributed by atoms with E-state index in [1.165, 1.54) is 0 Å². The minimum absolute atomic E-state index is 0.109. The van der Waals surface area contributed by atoms with E-state index in [-0.39, 0.29) is 11.7 Å². The third-order valence-corrected chi connectivity index (χ3v) is 5.69. The number of hydrogen-bond acceptors (Lipinski definition) is 4. The predicted octanol–water partition coefficient (Wildman–Crippen LogP) is 2.18. The Morgan fingerprint density at radius 3 is 2.31 bits per heavy atom. The van der Waals surface area contributed by atoms with E-state index in [1.807, 2.05) is 44.2 Å². The Balaban J connectivity index is 1.77. The van der Waals surface area contributed by atoms with Gasteiger partial charge in [-0.1, -0.05) is 30.3 Å². The van der Waals surface area contributed by atoms with Crippen molar-refractivity contribution in [1.29, 1.82) is 0 Å². The number of carbonyl (C=O) groups excluding carboxylic acids is 2. The number of aromatic amines is 1. The SMILES string of the molecule is CC(=O)C1(c2ccccc2)CCN(C(=O)[C@@H](N)c2c(C)n[nH]c2C)CC1. The van der Waals surface area contributed by atoms with E-state index in [2.05, 4.69) is 10.2 Å². The summed E-state index contributed by atoms with van der Waals surface area (Å²) < 4.78 is 0. The molecule has 6 heteroatoms. The molecule has 0 radical (unpaired) electrons. The number of aromatic nitrogens is 2. The van der Waals surface area contributed by atoms with Crippen molar-refractivity contribution in [3.63, 3.8) is 0 Å². The topological polar surface area (TPSA) is 92.1 Å². The molecule has 1 aromatic carbocycles. The normalized spacial score (nSPS) is 17.8. The molecule has 0 bridgehead atoms. The van der Waals surface area contributed by atoms with Gasteiger partial charge in [0.2, 0.25) is 5.91 Å². The number of likely N-dealkylation sites (tertiary alicyclic amines) is 1. The zero-order valence-corrected chi connectivity index (χ0v) is 15.6. The molecule has 2 heterocycles. The maximum Gasteiger partial charge on any atom is 0.244 e. The summed E-state index contributed by atoms with van der Waals surface area (Å²) in [6.07, 6.45) is 1.24. The number of piperidine rings is 1. The highest BCUT2D eigenvalue weighted by Crippen LogP contribution is 2.37. The number of ketones is 1. The number of H-pyrrole nitrogens is 1.